The first-order chi connectivity index (χ1) is 6.53. The summed E-state index contributed by atoms with van der Waals surface area (Å²) in [6, 6.07) is 0.219. The van der Waals surface area contributed by atoms with E-state index in [-0.39, 0.29) is 24.8 Å². The molecule has 0 heterocycles. The van der Waals surface area contributed by atoms with Gasteiger partial charge in [-0.1, -0.05) is 6.92 Å². The molecule has 14 heavy (non-hydrogen) atoms. The molecule has 4 heteroatoms. The van der Waals surface area contributed by atoms with Crippen molar-refractivity contribution in [1.29, 1.82) is 5.41 Å². The van der Waals surface area contributed by atoms with Gasteiger partial charge in [0.15, 0.2) is 0 Å². The summed E-state index contributed by atoms with van der Waals surface area (Å²) >= 11 is 0. The van der Waals surface area contributed by atoms with Crippen LogP contribution in [0.15, 0.2) is 0 Å². The fraction of sp³-hybridized carbons (Fsp3) is 0.900. The van der Waals surface area contributed by atoms with Crippen LogP contribution in [0.1, 0.15) is 32.6 Å². The predicted octanol–water partition coefficient (Wildman–Crippen LogP) is 2.44. The van der Waals surface area contributed by atoms with E-state index < -0.39 is 5.92 Å². The molecule has 0 aliphatic heterocycles. The SMILES string of the molecule is CC(C=N)CNC1CCC(F)(F)CC1. The molecule has 1 saturated carbocycles. The number of nitrogens with one attached hydrogen (secondary N) is 2. The molecule has 1 aliphatic carbocycles. The molecule has 0 amide bonds. The van der Waals surface area contributed by atoms with Gasteiger partial charge in [-0.15, -0.1) is 0 Å². The highest BCUT2D eigenvalue weighted by Gasteiger charge is 2.34. The number of alkyl halides is 2. The van der Waals surface area contributed by atoms with Crippen molar-refractivity contribution in [2.45, 2.75) is 44.6 Å². The average molecular weight is 204 g/mol. The van der Waals surface area contributed by atoms with E-state index in [2.05, 4.69) is 5.32 Å². The zero-order valence-corrected chi connectivity index (χ0v) is 8.52. The molecule has 2 N–H and O–H groups in total. The quantitative estimate of drug-likeness (QED) is 0.678. The minimum Gasteiger partial charge on any atom is -0.313 e. The van der Waals surface area contributed by atoms with Crippen molar-refractivity contribution in [3.63, 3.8) is 0 Å². The van der Waals surface area contributed by atoms with Crippen LogP contribution in [0, 0.1) is 11.3 Å². The third-order valence-corrected chi connectivity index (χ3v) is 2.73. The van der Waals surface area contributed by atoms with Gasteiger partial charge >= 0.3 is 0 Å². The summed E-state index contributed by atoms with van der Waals surface area (Å²) in [5.74, 6) is -2.25. The predicted molar refractivity (Wildman–Crippen MR) is 53.2 cm³/mol. The van der Waals surface area contributed by atoms with Crippen molar-refractivity contribution in [2.24, 2.45) is 5.92 Å². The van der Waals surface area contributed by atoms with Crippen molar-refractivity contribution in [2.75, 3.05) is 6.54 Å². The van der Waals surface area contributed by atoms with Gasteiger partial charge in [-0.3, -0.25) is 0 Å². The van der Waals surface area contributed by atoms with Gasteiger partial charge in [0.2, 0.25) is 5.92 Å². The normalized spacial score (nSPS) is 24.5. The van der Waals surface area contributed by atoms with Gasteiger partial charge in [-0.2, -0.15) is 0 Å². The topological polar surface area (TPSA) is 35.9 Å². The minimum atomic E-state index is -2.44. The van der Waals surface area contributed by atoms with Gasteiger partial charge in [0.05, 0.1) is 0 Å². The Balaban J connectivity index is 2.19. The Kier molecular flexibility index (Phi) is 3.98. The smallest absolute Gasteiger partial charge is 0.248 e. The maximum Gasteiger partial charge on any atom is 0.248 e. The Morgan fingerprint density at radius 3 is 2.57 bits per heavy atom. The molecule has 1 aliphatic rings. The summed E-state index contributed by atoms with van der Waals surface area (Å²) in [4.78, 5) is 0. The van der Waals surface area contributed by atoms with Crippen LogP contribution in [0.25, 0.3) is 0 Å². The van der Waals surface area contributed by atoms with E-state index in [1.807, 2.05) is 6.92 Å². The highest BCUT2D eigenvalue weighted by Crippen LogP contribution is 2.32. The Bertz CT molecular complexity index is 185. The Morgan fingerprint density at radius 2 is 2.07 bits per heavy atom. The number of rotatable bonds is 4. The zero-order chi connectivity index (χ0) is 10.6. The lowest BCUT2D eigenvalue weighted by Gasteiger charge is -2.29. The maximum absolute atomic E-state index is 12.8. The van der Waals surface area contributed by atoms with Gasteiger partial charge < -0.3 is 10.7 Å². The third kappa shape index (κ3) is 3.70. The van der Waals surface area contributed by atoms with Crippen LogP contribution in [0.2, 0.25) is 0 Å². The van der Waals surface area contributed by atoms with Crippen molar-refractivity contribution < 1.29 is 8.78 Å². The maximum atomic E-state index is 12.8. The molecule has 0 bridgehead atoms. The number of hydrogen-bond donors (Lipinski definition) is 2. The van der Waals surface area contributed by atoms with E-state index >= 15 is 0 Å². The Hall–Kier alpha value is -0.510. The van der Waals surface area contributed by atoms with E-state index in [9.17, 15) is 8.78 Å². The van der Waals surface area contributed by atoms with Crippen LogP contribution in [0.3, 0.4) is 0 Å². The van der Waals surface area contributed by atoms with E-state index in [4.69, 9.17) is 5.41 Å². The standard InChI is InChI=1S/C10H18F2N2/c1-8(6-13)7-14-9-2-4-10(11,12)5-3-9/h6,8-9,13-14H,2-5,7H2,1H3. The number of hydrogen-bond acceptors (Lipinski definition) is 2. The minimum absolute atomic E-state index is 0.00361. The van der Waals surface area contributed by atoms with E-state index in [1.54, 1.807) is 0 Å². The highest BCUT2D eigenvalue weighted by molar-refractivity contribution is 5.56. The molecule has 1 fully saturated rings. The van der Waals surface area contributed by atoms with Crippen LogP contribution in [-0.2, 0) is 0 Å². The Morgan fingerprint density at radius 1 is 1.50 bits per heavy atom. The molecule has 0 aromatic carbocycles. The molecule has 0 radical (unpaired) electrons. The monoisotopic (exact) mass is 204 g/mol. The second kappa shape index (κ2) is 4.82. The van der Waals surface area contributed by atoms with Crippen molar-refractivity contribution in [3.05, 3.63) is 0 Å². The van der Waals surface area contributed by atoms with Crippen LogP contribution in [-0.4, -0.2) is 24.7 Å². The number of halogens is 2. The lowest BCUT2D eigenvalue weighted by molar-refractivity contribution is -0.0404. The van der Waals surface area contributed by atoms with Crippen molar-refractivity contribution in [3.8, 4) is 0 Å². The molecule has 0 aromatic heterocycles. The van der Waals surface area contributed by atoms with Crippen LogP contribution >= 0.6 is 0 Å². The average Bonchev–Trinajstić information content (AvgIpc) is 2.16. The first kappa shape index (κ1) is 11.6. The molecule has 0 aromatic rings. The molecule has 1 unspecified atom stereocenters. The van der Waals surface area contributed by atoms with Crippen molar-refractivity contribution in [1.82, 2.24) is 5.32 Å². The van der Waals surface area contributed by atoms with Crippen molar-refractivity contribution >= 4 is 6.21 Å². The fourth-order valence-electron chi connectivity index (χ4n) is 1.66. The molecule has 1 atom stereocenters. The largest absolute Gasteiger partial charge is 0.313 e. The molecule has 0 saturated heterocycles. The summed E-state index contributed by atoms with van der Waals surface area (Å²) in [6.07, 6.45) is 2.49. The molecule has 2 nitrogen and oxygen atoms in total. The van der Waals surface area contributed by atoms with E-state index in [0.717, 1.165) is 6.54 Å². The molecule has 0 spiro atoms. The lowest BCUT2D eigenvalue weighted by Crippen LogP contribution is -2.39. The van der Waals surface area contributed by atoms with Crippen LogP contribution in [0.4, 0.5) is 8.78 Å². The second-order valence-electron chi connectivity index (χ2n) is 4.18. The summed E-state index contributed by atoms with van der Waals surface area (Å²) in [7, 11) is 0. The van der Waals surface area contributed by atoms with Gasteiger partial charge in [0.25, 0.3) is 0 Å². The first-order valence-electron chi connectivity index (χ1n) is 5.15. The zero-order valence-electron chi connectivity index (χ0n) is 8.52. The molecular weight excluding hydrogens is 186 g/mol. The second-order valence-corrected chi connectivity index (χ2v) is 4.18. The lowest BCUT2D eigenvalue weighted by atomic mass is 9.92. The molecular formula is C10H18F2N2. The summed E-state index contributed by atoms with van der Waals surface area (Å²) in [6.45, 7) is 2.66. The molecule has 82 valence electrons. The van der Waals surface area contributed by atoms with Gasteiger partial charge in [0, 0.05) is 31.3 Å². The van der Waals surface area contributed by atoms with E-state index in [0.29, 0.717) is 12.8 Å². The van der Waals surface area contributed by atoms with Gasteiger partial charge in [-0.05, 0) is 19.1 Å². The van der Waals surface area contributed by atoms with E-state index in [1.165, 1.54) is 6.21 Å². The summed E-state index contributed by atoms with van der Waals surface area (Å²) in [5.41, 5.74) is 0. The summed E-state index contributed by atoms with van der Waals surface area (Å²) in [5, 5.41) is 10.2. The Labute approximate surface area is 83.6 Å². The first-order valence-corrected chi connectivity index (χ1v) is 5.15. The van der Waals surface area contributed by atoms with Gasteiger partial charge in [-0.25, -0.2) is 8.78 Å². The van der Waals surface area contributed by atoms with Crippen LogP contribution in [0.5, 0.6) is 0 Å². The fourth-order valence-corrected chi connectivity index (χ4v) is 1.66. The van der Waals surface area contributed by atoms with Crippen LogP contribution < -0.4 is 5.32 Å². The molecule has 1 rings (SSSR count). The highest BCUT2D eigenvalue weighted by atomic mass is 19.3. The third-order valence-electron chi connectivity index (χ3n) is 2.73. The summed E-state index contributed by atoms with van der Waals surface area (Å²) < 4.78 is 25.6. The van der Waals surface area contributed by atoms with Gasteiger partial charge in [0.1, 0.15) is 0 Å².